The minimum Gasteiger partial charge on any atom is -0.468 e. The number of nitrogens with one attached hydrogen (secondary N) is 4. The lowest BCUT2D eigenvalue weighted by Crippen LogP contribution is -2.62. The first-order valence-corrected chi connectivity index (χ1v) is 60.1. The van der Waals surface area contributed by atoms with Gasteiger partial charge in [0.15, 0.2) is 12.6 Å². The number of para-hydroxylation sites is 1. The van der Waals surface area contributed by atoms with Crippen LogP contribution in [0.4, 0.5) is 17.1 Å². The summed E-state index contributed by atoms with van der Waals surface area (Å²) in [4.78, 5) is 1.99. The first kappa shape index (κ1) is 130. The van der Waals surface area contributed by atoms with Crippen molar-refractivity contribution in [3.8, 4) is 0 Å². The number of nitrogens with zero attached hydrogens (tertiary/aromatic N) is 1. The molecule has 0 aliphatic carbocycles. The summed E-state index contributed by atoms with van der Waals surface area (Å²) in [6.45, 7) is 11.4. The van der Waals surface area contributed by atoms with Gasteiger partial charge in [-0.05, 0) is 119 Å². The van der Waals surface area contributed by atoms with Crippen LogP contribution in [-0.4, -0.2) is 212 Å². The molecule has 23 heteroatoms. The SMILES string of the molecule is CCCCCCCCCCCCCCCCCCCCCCCCCCNC(CO[C@H]1O[C@H](COC(=S)Nc2ccc(N(C)C)cc2)[C@H](O)[C@H](O)[C@H]1O)C(O)C(O)CCCCCCCCCCCCCCC(O[C@H]1O[C@H](COC(=S)Nc2c(C)cccc2C)[C@H](O)[C@H](O)[C@H]1O)[C@@H](NCCCCCCCCCCCCCCCCCCCCCCCCCC)[C@H](O)[C@H](O)CCCCCCCCCCCCCC. The molecule has 2 aliphatic heterocycles. The van der Waals surface area contributed by atoms with Crippen LogP contribution in [0.2, 0.25) is 0 Å². The molecule has 0 radical (unpaired) electrons. The Morgan fingerprint density at radius 1 is 0.333 bits per heavy atom. The topological polar surface area (TPSA) is 309 Å². The number of thiocarbonyl (C=S) groups is 2. The van der Waals surface area contributed by atoms with E-state index in [1.54, 1.807) is 0 Å². The standard InChI is InChI=1S/C118H219N5O16S2/c1-8-11-14-17-20-23-26-29-31-33-35-37-39-41-43-45-47-49-53-58-63-68-73-78-90-119-99(92-134-115-113(132)111(130)109(128)103(138-115)93-135-117(140)121-97-86-88-98(89-87-97)123(6)7)107(126)100(124)83-75-70-65-60-56-51-52-57-62-67-72-77-85-102(137-116-114(133)112(131)110(129)104(139-116)94-136-118(141)122-105-95(4)81-80-82-96(105)5)106(108(127)101(125)84-76-71-66-61-55-28-25-22-19-16-13-10-3)120-91-79-74-69-64-59-54-50-48-46-44-42-40-38-36-34-32-30-27-24-21-18-15-12-9-2/h80-82,86-89,99-104,106-116,119-120,124-133H,8-79,83-85,90-94H2,1-7H3,(H,121,140)(H,122,141)/t99?,100?,101-,102?,103-,104-,106-,107?,108-,109+,110+,111+,112+,113-,114-,115+,116+/m1/s1. The second-order valence-corrected chi connectivity index (χ2v) is 43.9. The molecule has 2 saturated heterocycles. The van der Waals surface area contributed by atoms with Crippen LogP contribution in [0.5, 0.6) is 0 Å². The van der Waals surface area contributed by atoms with E-state index in [-0.39, 0.29) is 30.2 Å². The predicted molar refractivity (Wildman–Crippen MR) is 596 cm³/mol. The van der Waals surface area contributed by atoms with E-state index in [1.807, 2.05) is 75.3 Å². The minimum atomic E-state index is -1.63. The number of ether oxygens (including phenoxy) is 6. The van der Waals surface area contributed by atoms with Crippen molar-refractivity contribution in [2.75, 3.05) is 62.5 Å². The molecule has 0 saturated carbocycles. The van der Waals surface area contributed by atoms with Gasteiger partial charge in [-0.1, -0.05) is 488 Å². The Morgan fingerprint density at radius 2 is 0.617 bits per heavy atom. The fourth-order valence-corrected chi connectivity index (χ4v) is 20.9. The number of aryl methyl sites for hydroxylation is 2. The van der Waals surface area contributed by atoms with Crippen molar-refractivity contribution < 1.29 is 79.5 Å². The molecule has 2 aliphatic rings. The van der Waals surface area contributed by atoms with Crippen LogP contribution in [0.1, 0.15) is 513 Å². The molecular weight excluding hydrogens is 1810 g/mol. The fraction of sp³-hybridized carbons (Fsp3) is 0.881. The number of aliphatic hydroxyl groups excluding tert-OH is 10. The molecule has 824 valence electrons. The summed E-state index contributed by atoms with van der Waals surface area (Å²) < 4.78 is 37.3. The van der Waals surface area contributed by atoms with E-state index in [4.69, 9.17) is 52.9 Å². The van der Waals surface area contributed by atoms with Crippen molar-refractivity contribution in [3.63, 3.8) is 0 Å². The van der Waals surface area contributed by atoms with Gasteiger partial charge in [-0.3, -0.25) is 0 Å². The fourth-order valence-electron chi connectivity index (χ4n) is 20.5. The van der Waals surface area contributed by atoms with Crippen molar-refractivity contribution in [2.45, 2.75) is 620 Å². The van der Waals surface area contributed by atoms with Crippen LogP contribution in [0.15, 0.2) is 42.5 Å². The lowest BCUT2D eigenvalue weighted by Gasteiger charge is -2.43. The highest BCUT2D eigenvalue weighted by molar-refractivity contribution is 7.80. The quantitative estimate of drug-likeness (QED) is 0.0216. The highest BCUT2D eigenvalue weighted by Crippen LogP contribution is 2.32. The zero-order valence-corrected chi connectivity index (χ0v) is 92.7. The van der Waals surface area contributed by atoms with Gasteiger partial charge in [0, 0.05) is 31.2 Å². The molecule has 4 unspecified atom stereocenters. The molecular formula is C118H219N5O16S2. The van der Waals surface area contributed by atoms with Gasteiger partial charge in [0.25, 0.3) is 10.3 Å². The number of benzene rings is 2. The lowest BCUT2D eigenvalue weighted by molar-refractivity contribution is -0.314. The largest absolute Gasteiger partial charge is 0.468 e. The molecule has 17 atom stereocenters. The van der Waals surface area contributed by atoms with Gasteiger partial charge in [-0.15, -0.1) is 0 Å². The first-order chi connectivity index (χ1) is 68.7. The normalized spacial score (nSPS) is 19.9. The van der Waals surface area contributed by atoms with Crippen molar-refractivity contribution in [1.82, 2.24) is 10.6 Å². The van der Waals surface area contributed by atoms with Crippen LogP contribution < -0.4 is 26.2 Å². The second-order valence-electron chi connectivity index (χ2n) is 43.1. The third kappa shape index (κ3) is 64.3. The number of rotatable bonds is 97. The maximum Gasteiger partial charge on any atom is 0.261 e. The highest BCUT2D eigenvalue weighted by Gasteiger charge is 2.48. The van der Waals surface area contributed by atoms with Crippen LogP contribution in [0.25, 0.3) is 0 Å². The molecule has 21 nitrogen and oxygen atoms in total. The Labute approximate surface area is 872 Å². The summed E-state index contributed by atoms with van der Waals surface area (Å²) in [5.74, 6) is 0. The molecule has 0 amide bonds. The van der Waals surface area contributed by atoms with Gasteiger partial charge < -0.3 is 106 Å². The van der Waals surface area contributed by atoms with Gasteiger partial charge in [0.1, 0.15) is 62.0 Å². The van der Waals surface area contributed by atoms with E-state index < -0.39 is 104 Å². The van der Waals surface area contributed by atoms with E-state index in [0.29, 0.717) is 38.0 Å². The van der Waals surface area contributed by atoms with Gasteiger partial charge >= 0.3 is 0 Å². The van der Waals surface area contributed by atoms with Gasteiger partial charge in [-0.2, -0.15) is 0 Å². The zero-order valence-electron chi connectivity index (χ0n) is 91.1. The molecule has 14 N–H and O–H groups in total. The van der Waals surface area contributed by atoms with Crippen molar-refractivity contribution in [1.29, 1.82) is 0 Å². The van der Waals surface area contributed by atoms with Crippen LogP contribution in [0.3, 0.4) is 0 Å². The number of anilines is 3. The van der Waals surface area contributed by atoms with E-state index in [1.165, 1.54) is 327 Å². The highest BCUT2D eigenvalue weighted by atomic mass is 32.1. The minimum absolute atomic E-state index is 0.0359. The molecule has 2 heterocycles. The summed E-state index contributed by atoms with van der Waals surface area (Å²) >= 11 is 11.1. The van der Waals surface area contributed by atoms with Crippen LogP contribution in [-0.2, 0) is 28.4 Å². The van der Waals surface area contributed by atoms with E-state index in [0.717, 1.165) is 157 Å². The van der Waals surface area contributed by atoms with Crippen LogP contribution >= 0.6 is 24.4 Å². The third-order valence-corrected chi connectivity index (χ3v) is 30.5. The molecule has 2 aromatic rings. The molecule has 2 fully saturated rings. The number of unbranched alkanes of at least 4 members (excludes halogenated alkanes) is 68. The average Bonchev–Trinajstić information content (AvgIpc) is 0.804. The monoisotopic (exact) mass is 2030 g/mol. The molecule has 0 bridgehead atoms. The number of aliphatic hydroxyl groups is 10. The Morgan fingerprint density at radius 3 is 0.950 bits per heavy atom. The Kier molecular flexibility index (Phi) is 81.9. The predicted octanol–water partition coefficient (Wildman–Crippen LogP) is 27.2. The van der Waals surface area contributed by atoms with Gasteiger partial charge in [-0.25, -0.2) is 0 Å². The number of hydrogen-bond donors (Lipinski definition) is 14. The zero-order chi connectivity index (χ0) is 102. The maximum atomic E-state index is 12.5. The molecule has 0 spiro atoms. The third-order valence-electron chi connectivity index (χ3n) is 30.1. The van der Waals surface area contributed by atoms with Crippen molar-refractivity contribution in [2.24, 2.45) is 0 Å². The lowest BCUT2D eigenvalue weighted by atomic mass is 9.92. The summed E-state index contributed by atoms with van der Waals surface area (Å²) in [5, 5.41) is 129. The van der Waals surface area contributed by atoms with Gasteiger partial charge in [0.05, 0.1) is 49.2 Å². The molecule has 0 aromatic heterocycles. The van der Waals surface area contributed by atoms with Crippen molar-refractivity contribution >= 4 is 51.8 Å². The second kappa shape index (κ2) is 88.7. The summed E-state index contributed by atoms with van der Waals surface area (Å²) in [5.41, 5.74) is 4.49. The summed E-state index contributed by atoms with van der Waals surface area (Å²) in [6, 6.07) is 12.1. The molecule has 2 aromatic carbocycles. The first-order valence-electron chi connectivity index (χ1n) is 59.3. The van der Waals surface area contributed by atoms with Gasteiger partial charge in [0.2, 0.25) is 0 Å². The summed E-state index contributed by atoms with van der Waals surface area (Å²) in [6.07, 6.45) is 71.1. The summed E-state index contributed by atoms with van der Waals surface area (Å²) in [7, 11) is 3.91. The Balaban J connectivity index is 1.29. The van der Waals surface area contributed by atoms with Crippen LogP contribution in [0, 0.1) is 13.8 Å². The Bertz CT molecular complexity index is 3140. The molecule has 141 heavy (non-hydrogen) atoms. The van der Waals surface area contributed by atoms with E-state index >= 15 is 0 Å². The maximum absolute atomic E-state index is 12.5. The van der Waals surface area contributed by atoms with E-state index in [9.17, 15) is 51.1 Å². The van der Waals surface area contributed by atoms with E-state index in [2.05, 4.69) is 42.0 Å². The smallest absolute Gasteiger partial charge is 0.261 e. The van der Waals surface area contributed by atoms with Crippen molar-refractivity contribution in [3.05, 3.63) is 53.6 Å². The molecule has 4 rings (SSSR count). The Hall–Kier alpha value is -3.02. The number of hydrogen-bond acceptors (Lipinski definition) is 21. The average molecular weight is 2030 g/mol.